The Morgan fingerprint density at radius 1 is 1.05 bits per heavy atom. The highest BCUT2D eigenvalue weighted by molar-refractivity contribution is 9.10. The molecular weight excluding hydrogens is 420 g/mol. The Balaban J connectivity index is 2.19. The largest absolute Gasteiger partial charge is 0.380 e. The van der Waals surface area contributed by atoms with E-state index < -0.39 is 0 Å². The van der Waals surface area contributed by atoms with Gasteiger partial charge in [0.2, 0.25) is 0 Å². The first-order chi connectivity index (χ1) is 8.99. The lowest BCUT2D eigenvalue weighted by molar-refractivity contribution is 0.612. The van der Waals surface area contributed by atoms with Gasteiger partial charge in [-0.2, -0.15) is 0 Å². The molecule has 2 aromatic rings. The predicted octanol–water partition coefficient (Wildman–Crippen LogP) is 6.27. The van der Waals surface area contributed by atoms with E-state index in [2.05, 4.69) is 37.2 Å². The van der Waals surface area contributed by atoms with E-state index in [-0.39, 0.29) is 5.82 Å². The second kappa shape index (κ2) is 6.44. The smallest absolute Gasteiger partial charge is 0.128 e. The fourth-order valence-electron chi connectivity index (χ4n) is 1.53. The van der Waals surface area contributed by atoms with Crippen LogP contribution in [-0.2, 0) is 6.54 Å². The van der Waals surface area contributed by atoms with Gasteiger partial charge < -0.3 is 5.32 Å². The summed E-state index contributed by atoms with van der Waals surface area (Å²) in [5.41, 5.74) is 1.21. The first kappa shape index (κ1) is 15.1. The average Bonchev–Trinajstić information content (AvgIpc) is 2.39. The van der Waals surface area contributed by atoms with Crippen molar-refractivity contribution < 1.29 is 4.39 Å². The maximum atomic E-state index is 13.6. The van der Waals surface area contributed by atoms with E-state index in [1.807, 2.05) is 0 Å². The molecule has 100 valence electrons. The predicted molar refractivity (Wildman–Crippen MR) is 85.6 cm³/mol. The van der Waals surface area contributed by atoms with Crippen LogP contribution in [0.1, 0.15) is 5.56 Å². The zero-order valence-corrected chi connectivity index (χ0v) is 14.2. The number of hydrogen-bond acceptors (Lipinski definition) is 1. The minimum Gasteiger partial charge on any atom is -0.380 e. The fraction of sp³-hybridized carbons (Fsp3) is 0.0769. The summed E-state index contributed by atoms with van der Waals surface area (Å²) in [6.07, 6.45) is 0. The van der Waals surface area contributed by atoms with Crippen LogP contribution in [0.3, 0.4) is 0 Å². The molecule has 0 aliphatic carbocycles. The third-order valence-corrected chi connectivity index (χ3v) is 4.78. The number of benzene rings is 2. The molecule has 6 heteroatoms. The molecule has 0 heterocycles. The van der Waals surface area contributed by atoms with Gasteiger partial charge >= 0.3 is 0 Å². The number of rotatable bonds is 3. The van der Waals surface area contributed by atoms with Crippen molar-refractivity contribution in [2.45, 2.75) is 6.54 Å². The van der Waals surface area contributed by atoms with Crippen molar-refractivity contribution in [3.8, 4) is 0 Å². The quantitative estimate of drug-likeness (QED) is 0.569. The second-order valence-electron chi connectivity index (χ2n) is 3.81. The molecule has 1 nitrogen and oxygen atoms in total. The van der Waals surface area contributed by atoms with Gasteiger partial charge in [-0.25, -0.2) is 4.39 Å². The van der Waals surface area contributed by atoms with E-state index in [1.54, 1.807) is 24.3 Å². The molecule has 0 saturated heterocycles. The van der Waals surface area contributed by atoms with Crippen molar-refractivity contribution in [1.82, 2.24) is 0 Å². The Kier molecular flexibility index (Phi) is 5.12. The van der Waals surface area contributed by atoms with E-state index in [4.69, 9.17) is 23.2 Å². The lowest BCUT2D eigenvalue weighted by atomic mass is 10.2. The van der Waals surface area contributed by atoms with Crippen LogP contribution >= 0.6 is 55.1 Å². The highest BCUT2D eigenvalue weighted by atomic mass is 79.9. The molecule has 0 unspecified atom stereocenters. The molecule has 0 bridgehead atoms. The van der Waals surface area contributed by atoms with Gasteiger partial charge in [-0.3, -0.25) is 0 Å². The van der Waals surface area contributed by atoms with Crippen LogP contribution in [0.2, 0.25) is 10.0 Å². The Hall–Kier alpha value is -0.290. The van der Waals surface area contributed by atoms with Gasteiger partial charge in [0.25, 0.3) is 0 Å². The monoisotopic (exact) mass is 425 g/mol. The second-order valence-corrected chi connectivity index (χ2v) is 6.34. The molecule has 0 spiro atoms. The lowest BCUT2D eigenvalue weighted by Crippen LogP contribution is -2.02. The molecule has 2 rings (SSSR count). The van der Waals surface area contributed by atoms with Gasteiger partial charge in [0.1, 0.15) is 5.82 Å². The zero-order valence-electron chi connectivity index (χ0n) is 9.48. The Bertz CT molecular complexity index is 620. The number of halogens is 5. The normalized spacial score (nSPS) is 10.6. The SMILES string of the molecule is Fc1ccc(Br)cc1CNc1ccc(Br)c(Cl)c1Cl. The van der Waals surface area contributed by atoms with Crippen LogP contribution in [0.5, 0.6) is 0 Å². The molecule has 19 heavy (non-hydrogen) atoms. The lowest BCUT2D eigenvalue weighted by Gasteiger charge is -2.11. The standard InChI is InChI=1S/C13H8Br2Cl2FN/c14-8-1-3-10(18)7(5-8)6-19-11-4-2-9(15)12(16)13(11)17/h1-5,19H,6H2. The average molecular weight is 428 g/mol. The molecule has 0 radical (unpaired) electrons. The molecule has 0 aliphatic rings. The van der Waals surface area contributed by atoms with Crippen molar-refractivity contribution >= 4 is 60.7 Å². The Labute approximate surface area is 137 Å². The third-order valence-electron chi connectivity index (χ3n) is 2.51. The van der Waals surface area contributed by atoms with E-state index in [1.165, 1.54) is 6.07 Å². The van der Waals surface area contributed by atoms with Gasteiger partial charge in [0, 0.05) is 21.1 Å². The molecule has 0 fully saturated rings. The summed E-state index contributed by atoms with van der Waals surface area (Å²) < 4.78 is 15.1. The Morgan fingerprint density at radius 3 is 2.53 bits per heavy atom. The van der Waals surface area contributed by atoms with Crippen LogP contribution < -0.4 is 5.32 Å². The van der Waals surface area contributed by atoms with E-state index in [9.17, 15) is 4.39 Å². The van der Waals surface area contributed by atoms with Crippen LogP contribution in [0.15, 0.2) is 39.3 Å². The summed E-state index contributed by atoms with van der Waals surface area (Å²) in [6.45, 7) is 0.322. The number of hydrogen-bond donors (Lipinski definition) is 1. The van der Waals surface area contributed by atoms with Crippen molar-refractivity contribution in [1.29, 1.82) is 0 Å². The Morgan fingerprint density at radius 2 is 1.79 bits per heavy atom. The summed E-state index contributed by atoms with van der Waals surface area (Å²) in [7, 11) is 0. The molecule has 0 aromatic heterocycles. The molecule has 0 amide bonds. The minimum atomic E-state index is -0.268. The van der Waals surface area contributed by atoms with Crippen LogP contribution in [0.4, 0.5) is 10.1 Å². The van der Waals surface area contributed by atoms with Gasteiger partial charge in [-0.1, -0.05) is 39.1 Å². The fourth-order valence-corrected chi connectivity index (χ4v) is 2.78. The van der Waals surface area contributed by atoms with Gasteiger partial charge in [0.05, 0.1) is 15.7 Å². The van der Waals surface area contributed by atoms with Crippen molar-refractivity contribution in [3.05, 3.63) is 60.7 Å². The maximum absolute atomic E-state index is 13.6. The highest BCUT2D eigenvalue weighted by Crippen LogP contribution is 2.36. The number of anilines is 1. The molecule has 2 aromatic carbocycles. The summed E-state index contributed by atoms with van der Waals surface area (Å²) >= 11 is 18.7. The van der Waals surface area contributed by atoms with Crippen molar-refractivity contribution in [3.63, 3.8) is 0 Å². The van der Waals surface area contributed by atoms with E-state index in [0.29, 0.717) is 27.8 Å². The summed E-state index contributed by atoms with van der Waals surface area (Å²) in [4.78, 5) is 0. The van der Waals surface area contributed by atoms with Crippen LogP contribution in [-0.4, -0.2) is 0 Å². The first-order valence-corrected chi connectivity index (χ1v) is 7.64. The van der Waals surface area contributed by atoms with E-state index in [0.717, 1.165) is 8.95 Å². The molecule has 0 atom stereocenters. The number of nitrogens with one attached hydrogen (secondary N) is 1. The van der Waals surface area contributed by atoms with Gasteiger partial charge in [-0.15, -0.1) is 0 Å². The minimum absolute atomic E-state index is 0.268. The molecular formula is C13H8Br2Cl2FN. The molecule has 0 saturated carbocycles. The van der Waals surface area contributed by atoms with Gasteiger partial charge in [0.15, 0.2) is 0 Å². The van der Waals surface area contributed by atoms with Crippen molar-refractivity contribution in [2.24, 2.45) is 0 Å². The van der Waals surface area contributed by atoms with Crippen molar-refractivity contribution in [2.75, 3.05) is 5.32 Å². The third kappa shape index (κ3) is 3.63. The summed E-state index contributed by atoms with van der Waals surface area (Å²) in [5.74, 6) is -0.268. The molecule has 0 aliphatic heterocycles. The topological polar surface area (TPSA) is 12.0 Å². The maximum Gasteiger partial charge on any atom is 0.128 e. The zero-order chi connectivity index (χ0) is 14.0. The first-order valence-electron chi connectivity index (χ1n) is 5.30. The highest BCUT2D eigenvalue weighted by Gasteiger charge is 2.09. The van der Waals surface area contributed by atoms with E-state index >= 15 is 0 Å². The summed E-state index contributed by atoms with van der Waals surface area (Å²) in [5, 5.41) is 3.91. The van der Waals surface area contributed by atoms with Gasteiger partial charge in [-0.05, 0) is 46.3 Å². The summed E-state index contributed by atoms with van der Waals surface area (Å²) in [6, 6.07) is 8.36. The van der Waals surface area contributed by atoms with Crippen LogP contribution in [0.25, 0.3) is 0 Å². The molecule has 1 N–H and O–H groups in total. The van der Waals surface area contributed by atoms with Crippen LogP contribution in [0, 0.1) is 5.82 Å².